The van der Waals surface area contributed by atoms with Gasteiger partial charge in [-0.05, 0) is 20.1 Å². The van der Waals surface area contributed by atoms with E-state index >= 15 is 0 Å². The van der Waals surface area contributed by atoms with Crippen molar-refractivity contribution in [2.24, 2.45) is 0 Å². The Kier molecular flexibility index (Phi) is 20.8. The third-order valence-corrected chi connectivity index (χ3v) is 1.08. The standard InChI is InChI=1S/C5H13N.2ClH/c1-4-6(3)5-2;;/h4-5H2,1-3H3;2*1H. The Morgan fingerprint density at radius 3 is 1.25 bits per heavy atom. The van der Waals surface area contributed by atoms with Crippen molar-refractivity contribution in [2.75, 3.05) is 20.1 Å². The SMILES string of the molecule is CCN(C)CC.Cl.Cl. The summed E-state index contributed by atoms with van der Waals surface area (Å²) < 4.78 is 0. The van der Waals surface area contributed by atoms with Crippen molar-refractivity contribution in [3.63, 3.8) is 0 Å². The van der Waals surface area contributed by atoms with Gasteiger partial charge in [0, 0.05) is 0 Å². The molecule has 0 aliphatic heterocycles. The summed E-state index contributed by atoms with van der Waals surface area (Å²) in [6.45, 7) is 6.64. The van der Waals surface area contributed by atoms with Crippen LogP contribution in [0.5, 0.6) is 0 Å². The Balaban J connectivity index is -0.000000125. The van der Waals surface area contributed by atoms with Crippen LogP contribution < -0.4 is 0 Å². The summed E-state index contributed by atoms with van der Waals surface area (Å²) in [5.74, 6) is 0. The molecule has 0 unspecified atom stereocenters. The summed E-state index contributed by atoms with van der Waals surface area (Å²) >= 11 is 0. The molecule has 0 aromatic rings. The van der Waals surface area contributed by atoms with Crippen molar-refractivity contribution < 1.29 is 0 Å². The molecule has 8 heavy (non-hydrogen) atoms. The summed E-state index contributed by atoms with van der Waals surface area (Å²) in [6, 6.07) is 0. The molecule has 1 nitrogen and oxygen atoms in total. The minimum absolute atomic E-state index is 0. The fraction of sp³-hybridized carbons (Fsp3) is 1.00. The number of halogens is 2. The molecular weight excluding hydrogens is 145 g/mol. The van der Waals surface area contributed by atoms with Crippen molar-refractivity contribution in [1.82, 2.24) is 4.90 Å². The Morgan fingerprint density at radius 1 is 1.00 bits per heavy atom. The molecule has 0 spiro atoms. The largest absolute Gasteiger partial charge is 0.307 e. The smallest absolute Gasteiger partial charge is 0.00504 e. The number of hydrogen-bond donors (Lipinski definition) is 0. The van der Waals surface area contributed by atoms with E-state index in [1.54, 1.807) is 0 Å². The first-order valence-electron chi connectivity index (χ1n) is 2.49. The van der Waals surface area contributed by atoms with E-state index in [1.807, 2.05) is 0 Å². The molecule has 0 rings (SSSR count). The van der Waals surface area contributed by atoms with Gasteiger partial charge in [0.05, 0.1) is 0 Å². The van der Waals surface area contributed by atoms with Crippen molar-refractivity contribution in [1.29, 1.82) is 0 Å². The molecule has 0 radical (unpaired) electrons. The van der Waals surface area contributed by atoms with Crippen LogP contribution >= 0.6 is 24.8 Å². The molecule has 0 N–H and O–H groups in total. The van der Waals surface area contributed by atoms with Gasteiger partial charge in [-0.3, -0.25) is 0 Å². The zero-order chi connectivity index (χ0) is 4.99. The third-order valence-electron chi connectivity index (χ3n) is 1.08. The molecule has 3 heteroatoms. The first kappa shape index (κ1) is 15.8. The Morgan fingerprint density at radius 2 is 1.25 bits per heavy atom. The lowest BCUT2D eigenvalue weighted by molar-refractivity contribution is 0.373. The quantitative estimate of drug-likeness (QED) is 0.595. The number of hydrogen-bond acceptors (Lipinski definition) is 1. The summed E-state index contributed by atoms with van der Waals surface area (Å²) in [5, 5.41) is 0. The van der Waals surface area contributed by atoms with Crippen molar-refractivity contribution >= 4 is 24.8 Å². The van der Waals surface area contributed by atoms with Gasteiger partial charge in [-0.25, -0.2) is 0 Å². The van der Waals surface area contributed by atoms with Crippen LogP contribution in [0.25, 0.3) is 0 Å². The highest BCUT2D eigenvalue weighted by Crippen LogP contribution is 1.73. The lowest BCUT2D eigenvalue weighted by atomic mass is 10.6. The second-order valence-electron chi connectivity index (χ2n) is 1.49. The minimum atomic E-state index is 0. The highest BCUT2D eigenvalue weighted by Gasteiger charge is 1.81. The highest BCUT2D eigenvalue weighted by atomic mass is 35.5. The molecule has 0 heterocycles. The molecule has 0 aromatic carbocycles. The van der Waals surface area contributed by atoms with Crippen LogP contribution in [-0.4, -0.2) is 25.0 Å². The zero-order valence-electron chi connectivity index (χ0n) is 5.68. The first-order valence-corrected chi connectivity index (χ1v) is 2.49. The lowest BCUT2D eigenvalue weighted by Gasteiger charge is -2.07. The number of nitrogens with zero attached hydrogens (tertiary/aromatic N) is 1. The van der Waals surface area contributed by atoms with Crippen LogP contribution in [-0.2, 0) is 0 Å². The fourth-order valence-electron chi connectivity index (χ4n) is 0.224. The van der Waals surface area contributed by atoms with Crippen LogP contribution in [0.15, 0.2) is 0 Å². The normalized spacial score (nSPS) is 7.50. The van der Waals surface area contributed by atoms with E-state index in [0.717, 1.165) is 13.1 Å². The van der Waals surface area contributed by atoms with Gasteiger partial charge in [0.25, 0.3) is 0 Å². The van der Waals surface area contributed by atoms with Gasteiger partial charge in [0.15, 0.2) is 0 Å². The van der Waals surface area contributed by atoms with Crippen LogP contribution in [0, 0.1) is 0 Å². The van der Waals surface area contributed by atoms with Gasteiger partial charge in [-0.1, -0.05) is 13.8 Å². The number of rotatable bonds is 2. The lowest BCUT2D eigenvalue weighted by Crippen LogP contribution is -2.15. The highest BCUT2D eigenvalue weighted by molar-refractivity contribution is 5.85. The van der Waals surface area contributed by atoms with Crippen molar-refractivity contribution in [2.45, 2.75) is 13.8 Å². The van der Waals surface area contributed by atoms with Crippen LogP contribution in [0.1, 0.15) is 13.8 Å². The topological polar surface area (TPSA) is 3.24 Å². The van der Waals surface area contributed by atoms with Crippen LogP contribution in [0.4, 0.5) is 0 Å². The van der Waals surface area contributed by atoms with E-state index in [0.29, 0.717) is 0 Å². The molecule has 54 valence electrons. The van der Waals surface area contributed by atoms with Crippen molar-refractivity contribution in [3.8, 4) is 0 Å². The average molecular weight is 160 g/mol. The van der Waals surface area contributed by atoms with Gasteiger partial charge in [-0.15, -0.1) is 24.8 Å². The zero-order valence-corrected chi connectivity index (χ0v) is 7.31. The van der Waals surface area contributed by atoms with E-state index in [1.165, 1.54) is 0 Å². The second-order valence-corrected chi connectivity index (χ2v) is 1.49. The molecule has 0 fully saturated rings. The Labute approximate surface area is 64.3 Å². The Hall–Kier alpha value is 0.540. The van der Waals surface area contributed by atoms with Gasteiger partial charge >= 0.3 is 0 Å². The Bertz CT molecular complexity index is 29.6. The molecule has 0 amide bonds. The summed E-state index contributed by atoms with van der Waals surface area (Å²) in [5.41, 5.74) is 0. The summed E-state index contributed by atoms with van der Waals surface area (Å²) in [6.07, 6.45) is 0. The fourth-order valence-corrected chi connectivity index (χ4v) is 0.224. The second kappa shape index (κ2) is 10.5. The molecule has 0 aliphatic carbocycles. The maximum Gasteiger partial charge on any atom is -0.00504 e. The van der Waals surface area contributed by atoms with Gasteiger partial charge in [0.1, 0.15) is 0 Å². The molecular formula is C5H15Cl2N. The predicted molar refractivity (Wildman–Crippen MR) is 43.3 cm³/mol. The maximum atomic E-state index is 2.25. The average Bonchev–Trinajstić information content (AvgIpc) is 1.65. The molecule has 0 aliphatic rings. The maximum absolute atomic E-state index is 2.25. The van der Waals surface area contributed by atoms with Gasteiger partial charge in [-0.2, -0.15) is 0 Å². The molecule has 0 atom stereocenters. The minimum Gasteiger partial charge on any atom is -0.307 e. The molecule has 0 aromatic heterocycles. The molecule has 0 saturated heterocycles. The molecule has 0 saturated carbocycles. The van der Waals surface area contributed by atoms with Crippen LogP contribution in [0.2, 0.25) is 0 Å². The van der Waals surface area contributed by atoms with Gasteiger partial charge in [0.2, 0.25) is 0 Å². The van der Waals surface area contributed by atoms with Crippen LogP contribution in [0.3, 0.4) is 0 Å². The summed E-state index contributed by atoms with van der Waals surface area (Å²) in [7, 11) is 2.11. The van der Waals surface area contributed by atoms with E-state index in [9.17, 15) is 0 Å². The van der Waals surface area contributed by atoms with E-state index in [4.69, 9.17) is 0 Å². The molecule has 0 bridgehead atoms. The predicted octanol–water partition coefficient (Wildman–Crippen LogP) is 1.80. The third kappa shape index (κ3) is 9.74. The van der Waals surface area contributed by atoms with E-state index < -0.39 is 0 Å². The first-order chi connectivity index (χ1) is 2.81. The monoisotopic (exact) mass is 159 g/mol. The van der Waals surface area contributed by atoms with Crippen molar-refractivity contribution in [3.05, 3.63) is 0 Å². The van der Waals surface area contributed by atoms with E-state index in [-0.39, 0.29) is 24.8 Å². The van der Waals surface area contributed by atoms with E-state index in [2.05, 4.69) is 25.8 Å². The summed E-state index contributed by atoms with van der Waals surface area (Å²) in [4.78, 5) is 2.25. The van der Waals surface area contributed by atoms with Gasteiger partial charge < -0.3 is 4.90 Å².